The van der Waals surface area contributed by atoms with Crippen LogP contribution in [-0.2, 0) is 12.7 Å². The SMILES string of the molecule is C=C(C)C1=CCC=C(C#Cn2ccc(CB(C)CCCc3ccccc3)c2)C=C1. The molecule has 1 aliphatic carbocycles. The van der Waals surface area contributed by atoms with Gasteiger partial charge in [0.05, 0.1) is 0 Å². The Kier molecular flexibility index (Phi) is 7.59. The molecule has 0 saturated carbocycles. The van der Waals surface area contributed by atoms with Gasteiger partial charge in [0, 0.05) is 24.0 Å². The number of nitrogens with zero attached hydrogens (tertiary/aromatic N) is 1. The molecule has 146 valence electrons. The van der Waals surface area contributed by atoms with Gasteiger partial charge >= 0.3 is 0 Å². The van der Waals surface area contributed by atoms with Crippen molar-refractivity contribution >= 4 is 6.71 Å². The number of aryl methyl sites for hydroxylation is 1. The van der Waals surface area contributed by atoms with Gasteiger partial charge in [-0.2, -0.15) is 0 Å². The van der Waals surface area contributed by atoms with Gasteiger partial charge in [-0.05, 0) is 60.8 Å². The van der Waals surface area contributed by atoms with Gasteiger partial charge in [-0.25, -0.2) is 0 Å². The summed E-state index contributed by atoms with van der Waals surface area (Å²) in [5, 5.41) is 0. The van der Waals surface area contributed by atoms with Crippen molar-refractivity contribution < 1.29 is 0 Å². The second-order valence-electron chi connectivity index (χ2n) is 8.02. The third-order valence-electron chi connectivity index (χ3n) is 5.28. The van der Waals surface area contributed by atoms with E-state index in [0.717, 1.165) is 23.9 Å². The molecular formula is C27H30BN. The fourth-order valence-electron chi connectivity index (χ4n) is 3.60. The number of aromatic nitrogens is 1. The van der Waals surface area contributed by atoms with E-state index in [0.29, 0.717) is 6.71 Å². The standard InChI is InChI=1S/C27H30BN/c1-23(2)27-13-7-11-25(14-15-27)16-19-29-20-17-26(22-29)21-28(3)18-8-12-24-9-5-4-6-10-24/h4-6,9-11,13-15,17,20,22H,1,7-8,12,18,21H2,2-3H3. The highest BCUT2D eigenvalue weighted by molar-refractivity contribution is 6.56. The summed E-state index contributed by atoms with van der Waals surface area (Å²) in [6, 6.07) is 16.2. The highest BCUT2D eigenvalue weighted by atomic mass is 14.9. The van der Waals surface area contributed by atoms with E-state index in [1.807, 2.05) is 11.5 Å². The Hall–Kier alpha value is -2.92. The van der Waals surface area contributed by atoms with Crippen molar-refractivity contribution in [1.82, 2.24) is 4.57 Å². The van der Waals surface area contributed by atoms with Crippen LogP contribution in [0.25, 0.3) is 0 Å². The molecule has 1 aromatic heterocycles. The minimum atomic E-state index is 0.682. The Morgan fingerprint density at radius 2 is 1.93 bits per heavy atom. The molecule has 0 atom stereocenters. The van der Waals surface area contributed by atoms with Crippen molar-refractivity contribution in [2.45, 2.75) is 45.6 Å². The van der Waals surface area contributed by atoms with Crippen LogP contribution in [0.2, 0.25) is 13.1 Å². The molecule has 0 radical (unpaired) electrons. The molecule has 0 aliphatic heterocycles. The van der Waals surface area contributed by atoms with Crippen molar-refractivity contribution in [3.63, 3.8) is 0 Å². The molecule has 0 unspecified atom stereocenters. The minimum Gasteiger partial charge on any atom is -0.284 e. The second kappa shape index (κ2) is 10.6. The third kappa shape index (κ3) is 6.88. The Bertz CT molecular complexity index is 976. The van der Waals surface area contributed by atoms with Crippen molar-refractivity contribution in [3.8, 4) is 12.0 Å². The van der Waals surface area contributed by atoms with E-state index in [2.05, 4.69) is 98.5 Å². The first kappa shape index (κ1) is 20.8. The molecule has 1 nitrogen and oxygen atoms in total. The fourth-order valence-corrected chi connectivity index (χ4v) is 3.60. The van der Waals surface area contributed by atoms with Gasteiger partial charge in [-0.1, -0.05) is 80.3 Å². The zero-order valence-corrected chi connectivity index (χ0v) is 17.7. The molecule has 0 fully saturated rings. The lowest BCUT2D eigenvalue weighted by atomic mass is 9.45. The summed E-state index contributed by atoms with van der Waals surface area (Å²) >= 11 is 0. The third-order valence-corrected chi connectivity index (χ3v) is 5.28. The molecule has 2 heteroatoms. The van der Waals surface area contributed by atoms with Crippen LogP contribution in [-0.4, -0.2) is 11.3 Å². The van der Waals surface area contributed by atoms with Gasteiger partial charge in [0.2, 0.25) is 0 Å². The van der Waals surface area contributed by atoms with Crippen LogP contribution in [0, 0.1) is 12.0 Å². The smallest absolute Gasteiger partial charge is 0.141 e. The Morgan fingerprint density at radius 3 is 2.72 bits per heavy atom. The van der Waals surface area contributed by atoms with Crippen LogP contribution in [0.4, 0.5) is 0 Å². The van der Waals surface area contributed by atoms with E-state index in [1.54, 1.807) is 0 Å². The molecule has 3 rings (SSSR count). The molecule has 1 aliphatic rings. The maximum absolute atomic E-state index is 4.02. The minimum absolute atomic E-state index is 0.682. The molecule has 29 heavy (non-hydrogen) atoms. The van der Waals surface area contributed by atoms with Gasteiger partial charge < -0.3 is 0 Å². The van der Waals surface area contributed by atoms with Crippen molar-refractivity contribution in [2.24, 2.45) is 0 Å². The van der Waals surface area contributed by atoms with Gasteiger partial charge in [-0.3, -0.25) is 4.57 Å². The van der Waals surface area contributed by atoms with Crippen molar-refractivity contribution in [2.75, 3.05) is 0 Å². The predicted octanol–water partition coefficient (Wildman–Crippen LogP) is 6.53. The van der Waals surface area contributed by atoms with Crippen molar-refractivity contribution in [1.29, 1.82) is 0 Å². The summed E-state index contributed by atoms with van der Waals surface area (Å²) in [6.07, 6.45) is 18.5. The van der Waals surface area contributed by atoms with Gasteiger partial charge in [-0.15, -0.1) is 0 Å². The number of hydrogen-bond acceptors (Lipinski definition) is 0. The molecule has 0 N–H and O–H groups in total. The first-order valence-electron chi connectivity index (χ1n) is 10.6. The lowest BCUT2D eigenvalue weighted by molar-refractivity contribution is 0.905. The van der Waals surface area contributed by atoms with Crippen LogP contribution in [0.5, 0.6) is 0 Å². The molecular weight excluding hydrogens is 349 g/mol. The number of allylic oxidation sites excluding steroid dienone is 7. The first-order valence-corrected chi connectivity index (χ1v) is 10.6. The average Bonchev–Trinajstić information content (AvgIpc) is 3.01. The van der Waals surface area contributed by atoms with Gasteiger partial charge in [0.25, 0.3) is 0 Å². The summed E-state index contributed by atoms with van der Waals surface area (Å²) in [5.74, 6) is 3.28. The molecule has 0 bridgehead atoms. The maximum atomic E-state index is 4.02. The maximum Gasteiger partial charge on any atom is 0.141 e. The van der Waals surface area contributed by atoms with E-state index in [4.69, 9.17) is 0 Å². The second-order valence-corrected chi connectivity index (χ2v) is 8.02. The summed E-state index contributed by atoms with van der Waals surface area (Å²) < 4.78 is 1.98. The molecule has 2 aromatic rings. The van der Waals surface area contributed by atoms with Crippen LogP contribution in [0.1, 0.15) is 30.9 Å². The zero-order valence-electron chi connectivity index (χ0n) is 17.7. The van der Waals surface area contributed by atoms with E-state index in [9.17, 15) is 0 Å². The largest absolute Gasteiger partial charge is 0.284 e. The monoisotopic (exact) mass is 379 g/mol. The number of benzene rings is 1. The molecule has 0 amide bonds. The fraction of sp³-hybridized carbons (Fsp3) is 0.259. The van der Waals surface area contributed by atoms with Gasteiger partial charge in [0.15, 0.2) is 0 Å². The Balaban J connectivity index is 1.48. The predicted molar refractivity (Wildman–Crippen MR) is 127 cm³/mol. The lowest BCUT2D eigenvalue weighted by Gasteiger charge is -2.07. The van der Waals surface area contributed by atoms with Crippen LogP contribution < -0.4 is 0 Å². The van der Waals surface area contributed by atoms with Gasteiger partial charge in [0.1, 0.15) is 6.71 Å². The zero-order chi connectivity index (χ0) is 20.5. The summed E-state index contributed by atoms with van der Waals surface area (Å²) in [5.41, 5.74) is 6.15. The quantitative estimate of drug-likeness (QED) is 0.381. The molecule has 1 heterocycles. The van der Waals surface area contributed by atoms with E-state index < -0.39 is 0 Å². The molecule has 0 spiro atoms. The topological polar surface area (TPSA) is 4.93 Å². The van der Waals surface area contributed by atoms with Crippen LogP contribution >= 0.6 is 0 Å². The Labute approximate surface area is 176 Å². The Morgan fingerprint density at radius 1 is 1.10 bits per heavy atom. The lowest BCUT2D eigenvalue weighted by Crippen LogP contribution is -2.11. The normalized spacial score (nSPS) is 13.0. The van der Waals surface area contributed by atoms with E-state index in [-0.39, 0.29) is 0 Å². The summed E-state index contributed by atoms with van der Waals surface area (Å²) in [7, 11) is 0. The van der Waals surface area contributed by atoms with Crippen molar-refractivity contribution in [3.05, 3.63) is 108 Å². The number of hydrogen-bond donors (Lipinski definition) is 0. The van der Waals surface area contributed by atoms with Crippen LogP contribution in [0.3, 0.4) is 0 Å². The van der Waals surface area contributed by atoms with E-state index >= 15 is 0 Å². The summed E-state index contributed by atoms with van der Waals surface area (Å²) in [6.45, 7) is 9.09. The van der Waals surface area contributed by atoms with Crippen LogP contribution in [0.15, 0.2) is 96.4 Å². The highest BCUT2D eigenvalue weighted by Crippen LogP contribution is 2.16. The van der Waals surface area contributed by atoms with E-state index in [1.165, 1.54) is 35.9 Å². The molecule has 0 saturated heterocycles. The molecule has 1 aromatic carbocycles. The summed E-state index contributed by atoms with van der Waals surface area (Å²) in [4.78, 5) is 0. The highest BCUT2D eigenvalue weighted by Gasteiger charge is 2.09. The average molecular weight is 379 g/mol. The first-order chi connectivity index (χ1) is 14.1. The number of rotatable bonds is 7.